The molecule has 0 saturated heterocycles. The van der Waals surface area contributed by atoms with Crippen LogP contribution < -0.4 is 19.6 Å². The van der Waals surface area contributed by atoms with Crippen LogP contribution in [-0.4, -0.2) is 13.1 Å². The molecule has 4 rings (SSSR count). The van der Waals surface area contributed by atoms with Crippen LogP contribution in [0.3, 0.4) is 0 Å². The van der Waals surface area contributed by atoms with E-state index in [-0.39, 0.29) is 22.4 Å². The van der Waals surface area contributed by atoms with Gasteiger partial charge in [0.2, 0.25) is 11.2 Å². The molecule has 0 saturated carbocycles. The number of hydrogen-bond donors (Lipinski definition) is 0. The summed E-state index contributed by atoms with van der Waals surface area (Å²) in [6.07, 6.45) is -5.03. The lowest BCUT2D eigenvalue weighted by Crippen LogP contribution is -2.15. The van der Waals surface area contributed by atoms with Crippen LogP contribution in [0.25, 0.3) is 11.0 Å². The molecule has 0 radical (unpaired) electrons. The van der Waals surface area contributed by atoms with Gasteiger partial charge in [-0.15, -0.1) is 0 Å². The lowest BCUT2D eigenvalue weighted by atomic mass is 10.1. The van der Waals surface area contributed by atoms with E-state index in [2.05, 4.69) is 0 Å². The van der Waals surface area contributed by atoms with Crippen molar-refractivity contribution in [2.24, 2.45) is 0 Å². The molecule has 35 heavy (non-hydrogen) atoms. The molecule has 0 unspecified atom stereocenters. The Hall–Kier alpha value is -4.27. The number of benzene rings is 3. The molecule has 0 aliphatic heterocycles. The second-order valence-electron chi connectivity index (χ2n) is 7.71. The maximum Gasteiger partial charge on any atom is 0.453 e. The van der Waals surface area contributed by atoms with Gasteiger partial charge in [0.1, 0.15) is 22.8 Å². The van der Waals surface area contributed by atoms with Gasteiger partial charge in [0.15, 0.2) is 0 Å². The Kier molecular flexibility index (Phi) is 6.26. The zero-order valence-corrected chi connectivity index (χ0v) is 18.9. The molecule has 1 heterocycles. The van der Waals surface area contributed by atoms with E-state index in [9.17, 15) is 22.8 Å². The maximum absolute atomic E-state index is 13.8. The third-order valence-corrected chi connectivity index (χ3v) is 5.31. The summed E-state index contributed by atoms with van der Waals surface area (Å²) in [5.74, 6) is -2.95. The van der Waals surface area contributed by atoms with Gasteiger partial charge in [-0.2, -0.15) is 13.2 Å². The molecule has 180 valence electrons. The van der Waals surface area contributed by atoms with Gasteiger partial charge in [0, 0.05) is 6.07 Å². The first-order valence-corrected chi connectivity index (χ1v) is 10.4. The number of carbonyl (C=O) groups is 1. The van der Waals surface area contributed by atoms with Crippen LogP contribution >= 0.6 is 0 Å². The van der Waals surface area contributed by atoms with Crippen LogP contribution in [-0.2, 0) is 6.18 Å². The number of alkyl halides is 3. The van der Waals surface area contributed by atoms with E-state index >= 15 is 0 Å². The molecule has 4 aromatic rings. The summed E-state index contributed by atoms with van der Waals surface area (Å²) in [5, 5.41) is -0.174. The fraction of sp³-hybridized carbons (Fsp3) is 0.154. The molecule has 0 amide bonds. The van der Waals surface area contributed by atoms with Gasteiger partial charge < -0.3 is 18.6 Å². The largest absolute Gasteiger partial charge is 0.497 e. The average Bonchev–Trinajstić information content (AvgIpc) is 2.82. The molecule has 0 aliphatic carbocycles. The second-order valence-corrected chi connectivity index (χ2v) is 7.71. The van der Waals surface area contributed by atoms with Crippen LogP contribution in [0.1, 0.15) is 27.2 Å². The lowest BCUT2D eigenvalue weighted by Gasteiger charge is -2.14. The predicted molar refractivity (Wildman–Crippen MR) is 121 cm³/mol. The monoisotopic (exact) mass is 484 g/mol. The summed E-state index contributed by atoms with van der Waals surface area (Å²) in [6, 6.07) is 14.2. The van der Waals surface area contributed by atoms with Crippen molar-refractivity contribution in [3.63, 3.8) is 0 Å². The van der Waals surface area contributed by atoms with Crippen molar-refractivity contribution in [2.45, 2.75) is 20.0 Å². The molecule has 0 N–H and O–H groups in total. The van der Waals surface area contributed by atoms with Gasteiger partial charge in [0.05, 0.1) is 18.1 Å². The zero-order chi connectivity index (χ0) is 25.3. The van der Waals surface area contributed by atoms with Gasteiger partial charge in [-0.1, -0.05) is 6.07 Å². The van der Waals surface area contributed by atoms with E-state index in [1.807, 2.05) is 13.8 Å². The molecule has 0 fully saturated rings. The Morgan fingerprint density at radius 1 is 0.857 bits per heavy atom. The third-order valence-electron chi connectivity index (χ3n) is 5.31. The summed E-state index contributed by atoms with van der Waals surface area (Å²) in [5.41, 5.74) is 0.703. The number of rotatable bonds is 5. The Morgan fingerprint density at radius 2 is 1.51 bits per heavy atom. The van der Waals surface area contributed by atoms with Crippen LogP contribution in [0.2, 0.25) is 0 Å². The molecule has 9 heteroatoms. The molecule has 0 atom stereocenters. The van der Waals surface area contributed by atoms with E-state index < -0.39 is 34.7 Å². The van der Waals surface area contributed by atoms with Crippen molar-refractivity contribution in [2.75, 3.05) is 7.11 Å². The molecular formula is C26H19F3O6. The summed E-state index contributed by atoms with van der Waals surface area (Å²) in [7, 11) is 1.43. The average molecular weight is 484 g/mol. The first-order chi connectivity index (χ1) is 16.6. The van der Waals surface area contributed by atoms with E-state index in [1.54, 1.807) is 18.2 Å². The topological polar surface area (TPSA) is 75.0 Å². The highest BCUT2D eigenvalue weighted by Gasteiger charge is 2.40. The highest BCUT2D eigenvalue weighted by atomic mass is 19.4. The zero-order valence-electron chi connectivity index (χ0n) is 18.9. The normalized spacial score (nSPS) is 11.4. The van der Waals surface area contributed by atoms with Gasteiger partial charge in [-0.05, 0) is 73.5 Å². The van der Waals surface area contributed by atoms with Crippen LogP contribution in [0.15, 0.2) is 69.9 Å². The number of methoxy groups -OCH3 is 1. The fourth-order valence-corrected chi connectivity index (χ4v) is 3.30. The number of esters is 1. The van der Waals surface area contributed by atoms with Crippen molar-refractivity contribution >= 4 is 16.9 Å². The number of ether oxygens (including phenoxy) is 3. The Morgan fingerprint density at radius 3 is 2.14 bits per heavy atom. The molecule has 1 aromatic heterocycles. The fourth-order valence-electron chi connectivity index (χ4n) is 3.30. The Labute approximate surface area is 197 Å². The van der Waals surface area contributed by atoms with Gasteiger partial charge in [-0.3, -0.25) is 4.79 Å². The van der Waals surface area contributed by atoms with Gasteiger partial charge in [-0.25, -0.2) is 4.79 Å². The minimum atomic E-state index is -5.03. The number of halogens is 3. The van der Waals surface area contributed by atoms with Crippen molar-refractivity contribution in [3.8, 4) is 23.0 Å². The molecule has 6 nitrogen and oxygen atoms in total. The minimum absolute atomic E-state index is 0.0121. The lowest BCUT2D eigenvalue weighted by molar-refractivity contribution is -0.154. The molecule has 0 aliphatic rings. The summed E-state index contributed by atoms with van der Waals surface area (Å²) in [4.78, 5) is 25.4. The molecular weight excluding hydrogens is 465 g/mol. The van der Waals surface area contributed by atoms with E-state index in [1.165, 1.54) is 43.5 Å². The van der Waals surface area contributed by atoms with Gasteiger partial charge in [0.25, 0.3) is 5.76 Å². The highest BCUT2D eigenvalue weighted by molar-refractivity contribution is 5.92. The summed E-state index contributed by atoms with van der Waals surface area (Å²) < 4.78 is 61.9. The second kappa shape index (κ2) is 9.17. The standard InChI is InChI=1S/C26H19F3O6/c1-14-4-5-16(12-15(14)2)25(31)34-19-10-11-20-21(13-19)35-24(26(27,28)29)23(22(20)30)33-18-8-6-17(32-3)7-9-18/h4-13H,1-3H3. The third kappa shape index (κ3) is 4.98. The molecule has 0 spiro atoms. The van der Waals surface area contributed by atoms with Crippen LogP contribution in [0.5, 0.6) is 23.0 Å². The van der Waals surface area contributed by atoms with Crippen LogP contribution in [0, 0.1) is 13.8 Å². The van der Waals surface area contributed by atoms with E-state index in [0.29, 0.717) is 5.75 Å². The molecule has 3 aromatic carbocycles. The van der Waals surface area contributed by atoms with Crippen molar-refractivity contribution < 1.29 is 36.6 Å². The predicted octanol–water partition coefficient (Wildman–Crippen LogP) is 6.45. The van der Waals surface area contributed by atoms with E-state index in [4.69, 9.17) is 18.6 Å². The minimum Gasteiger partial charge on any atom is -0.497 e. The number of carbonyl (C=O) groups excluding carboxylic acids is 1. The first-order valence-electron chi connectivity index (χ1n) is 10.4. The number of fused-ring (bicyclic) bond motifs is 1. The summed E-state index contributed by atoms with van der Waals surface area (Å²) in [6.45, 7) is 3.72. The highest BCUT2D eigenvalue weighted by Crippen LogP contribution is 2.39. The Balaban J connectivity index is 1.72. The molecule has 0 bridgehead atoms. The van der Waals surface area contributed by atoms with Crippen LogP contribution in [0.4, 0.5) is 13.2 Å². The van der Waals surface area contributed by atoms with Gasteiger partial charge >= 0.3 is 12.1 Å². The number of aryl methyl sites for hydroxylation is 2. The number of hydrogen-bond acceptors (Lipinski definition) is 6. The van der Waals surface area contributed by atoms with E-state index in [0.717, 1.165) is 17.2 Å². The summed E-state index contributed by atoms with van der Waals surface area (Å²) >= 11 is 0. The first kappa shape index (κ1) is 23.9. The SMILES string of the molecule is COc1ccc(Oc2c(C(F)(F)F)oc3cc(OC(=O)c4ccc(C)c(C)c4)ccc3c2=O)cc1. The Bertz CT molecular complexity index is 1470. The van der Waals surface area contributed by atoms with Crippen molar-refractivity contribution in [3.05, 3.63) is 93.3 Å². The smallest absolute Gasteiger partial charge is 0.453 e. The quantitative estimate of drug-likeness (QED) is 0.239. The van der Waals surface area contributed by atoms with Crippen molar-refractivity contribution in [1.29, 1.82) is 0 Å². The van der Waals surface area contributed by atoms with Crippen molar-refractivity contribution in [1.82, 2.24) is 0 Å². The maximum atomic E-state index is 13.8.